The zero-order chi connectivity index (χ0) is 17.6. The van der Waals surface area contributed by atoms with E-state index in [-0.39, 0.29) is 5.43 Å². The molecule has 0 saturated heterocycles. The molecule has 0 fully saturated rings. The molecule has 3 rings (SSSR count). The lowest BCUT2D eigenvalue weighted by Crippen LogP contribution is -2.06. The fourth-order valence-corrected chi connectivity index (χ4v) is 3.15. The quantitative estimate of drug-likeness (QED) is 0.528. The van der Waals surface area contributed by atoms with E-state index in [0.717, 1.165) is 29.7 Å². The first kappa shape index (κ1) is 17.3. The highest BCUT2D eigenvalue weighted by molar-refractivity contribution is 5.83. The van der Waals surface area contributed by atoms with Gasteiger partial charge in [0.1, 0.15) is 17.6 Å². The standard InChI is InChI=1S/C22H24O3/c1-3-4-5-7-12-17-13-18-21(14-20(17)24-2)25-15-19(22(18)23)16-10-8-6-9-11-16/h6,8-11,13-15H,3-5,7,12H2,1-2H3. The zero-order valence-corrected chi connectivity index (χ0v) is 14.9. The SMILES string of the molecule is CCCCCCc1cc2c(=O)c(-c3ccccc3)coc2cc1OC. The lowest BCUT2D eigenvalue weighted by atomic mass is 10.0. The summed E-state index contributed by atoms with van der Waals surface area (Å²) in [5.74, 6) is 0.791. The molecule has 3 nitrogen and oxygen atoms in total. The van der Waals surface area contributed by atoms with Crippen molar-refractivity contribution < 1.29 is 9.15 Å². The summed E-state index contributed by atoms with van der Waals surface area (Å²) < 4.78 is 11.2. The topological polar surface area (TPSA) is 39.4 Å². The van der Waals surface area contributed by atoms with Crippen LogP contribution in [0, 0.1) is 0 Å². The third kappa shape index (κ3) is 3.76. The van der Waals surface area contributed by atoms with Gasteiger partial charge >= 0.3 is 0 Å². The van der Waals surface area contributed by atoms with Crippen molar-refractivity contribution in [3.63, 3.8) is 0 Å². The van der Waals surface area contributed by atoms with E-state index in [4.69, 9.17) is 9.15 Å². The summed E-state index contributed by atoms with van der Waals surface area (Å²) >= 11 is 0. The van der Waals surface area contributed by atoms with Gasteiger partial charge in [0.25, 0.3) is 0 Å². The third-order valence-electron chi connectivity index (χ3n) is 4.56. The Hall–Kier alpha value is -2.55. The van der Waals surface area contributed by atoms with Crippen molar-refractivity contribution >= 4 is 11.0 Å². The van der Waals surface area contributed by atoms with Crippen LogP contribution in [-0.4, -0.2) is 7.11 Å². The zero-order valence-electron chi connectivity index (χ0n) is 14.9. The summed E-state index contributed by atoms with van der Waals surface area (Å²) in [4.78, 5) is 13.0. The largest absolute Gasteiger partial charge is 0.496 e. The van der Waals surface area contributed by atoms with Crippen LogP contribution in [0.5, 0.6) is 5.75 Å². The molecule has 0 aliphatic heterocycles. The Bertz CT molecular complexity index is 894. The van der Waals surface area contributed by atoms with Crippen LogP contribution in [0.4, 0.5) is 0 Å². The summed E-state index contributed by atoms with van der Waals surface area (Å²) in [6.45, 7) is 2.20. The van der Waals surface area contributed by atoms with Crippen LogP contribution in [0.3, 0.4) is 0 Å². The number of methoxy groups -OCH3 is 1. The average Bonchev–Trinajstić information content (AvgIpc) is 2.66. The molecule has 0 saturated carbocycles. The first-order chi connectivity index (χ1) is 12.2. The number of aryl methyl sites for hydroxylation is 1. The Morgan fingerprint density at radius 1 is 1.04 bits per heavy atom. The molecule has 0 atom stereocenters. The van der Waals surface area contributed by atoms with E-state index in [9.17, 15) is 4.79 Å². The summed E-state index contributed by atoms with van der Waals surface area (Å²) in [7, 11) is 1.66. The predicted molar refractivity (Wildman–Crippen MR) is 102 cm³/mol. The van der Waals surface area contributed by atoms with Crippen molar-refractivity contribution in [1.82, 2.24) is 0 Å². The summed E-state index contributed by atoms with van der Waals surface area (Å²) in [5, 5.41) is 0.618. The fraction of sp³-hybridized carbons (Fsp3) is 0.318. The maximum Gasteiger partial charge on any atom is 0.200 e. The van der Waals surface area contributed by atoms with Crippen LogP contribution in [-0.2, 0) is 6.42 Å². The molecular weight excluding hydrogens is 312 g/mol. The number of hydrogen-bond acceptors (Lipinski definition) is 3. The molecule has 0 radical (unpaired) electrons. The van der Waals surface area contributed by atoms with Crippen LogP contribution >= 0.6 is 0 Å². The first-order valence-electron chi connectivity index (χ1n) is 8.92. The monoisotopic (exact) mass is 336 g/mol. The molecule has 2 aromatic carbocycles. The van der Waals surface area contributed by atoms with Crippen molar-refractivity contribution in [2.45, 2.75) is 39.0 Å². The minimum absolute atomic E-state index is 0.00455. The molecule has 25 heavy (non-hydrogen) atoms. The highest BCUT2D eigenvalue weighted by Gasteiger charge is 2.13. The smallest absolute Gasteiger partial charge is 0.200 e. The van der Waals surface area contributed by atoms with E-state index in [1.54, 1.807) is 13.4 Å². The molecule has 1 heterocycles. The second kappa shape index (κ2) is 8.02. The maximum atomic E-state index is 13.0. The Morgan fingerprint density at radius 3 is 2.56 bits per heavy atom. The van der Waals surface area contributed by atoms with Gasteiger partial charge < -0.3 is 9.15 Å². The molecule has 0 unspecified atom stereocenters. The molecule has 1 aromatic heterocycles. The van der Waals surface area contributed by atoms with E-state index in [2.05, 4.69) is 6.92 Å². The van der Waals surface area contributed by atoms with Crippen LogP contribution < -0.4 is 10.2 Å². The lowest BCUT2D eigenvalue weighted by Gasteiger charge is -2.10. The van der Waals surface area contributed by atoms with Crippen molar-refractivity contribution in [3.05, 3.63) is 64.5 Å². The molecule has 0 amide bonds. The van der Waals surface area contributed by atoms with Gasteiger partial charge in [0.2, 0.25) is 5.43 Å². The predicted octanol–water partition coefficient (Wildman–Crippen LogP) is 5.59. The van der Waals surface area contributed by atoms with Gasteiger partial charge in [-0.2, -0.15) is 0 Å². The first-order valence-corrected chi connectivity index (χ1v) is 8.92. The Labute approximate surface area is 148 Å². The molecule has 0 spiro atoms. The van der Waals surface area contributed by atoms with Crippen molar-refractivity contribution in [2.75, 3.05) is 7.11 Å². The van der Waals surface area contributed by atoms with Gasteiger partial charge in [-0.3, -0.25) is 4.79 Å². The number of ether oxygens (including phenoxy) is 1. The lowest BCUT2D eigenvalue weighted by molar-refractivity contribution is 0.408. The Morgan fingerprint density at radius 2 is 1.84 bits per heavy atom. The van der Waals surface area contributed by atoms with Crippen LogP contribution in [0.25, 0.3) is 22.1 Å². The van der Waals surface area contributed by atoms with Gasteiger partial charge in [0.05, 0.1) is 18.1 Å². The van der Waals surface area contributed by atoms with E-state index >= 15 is 0 Å². The van der Waals surface area contributed by atoms with Gasteiger partial charge in [0, 0.05) is 6.07 Å². The Balaban J connectivity index is 2.03. The average molecular weight is 336 g/mol. The molecule has 0 N–H and O–H groups in total. The second-order valence-corrected chi connectivity index (χ2v) is 6.32. The highest BCUT2D eigenvalue weighted by atomic mass is 16.5. The van der Waals surface area contributed by atoms with E-state index in [0.29, 0.717) is 16.5 Å². The van der Waals surface area contributed by atoms with Gasteiger partial charge in [-0.05, 0) is 30.0 Å². The van der Waals surface area contributed by atoms with E-state index in [1.807, 2.05) is 42.5 Å². The van der Waals surface area contributed by atoms with Crippen molar-refractivity contribution in [1.29, 1.82) is 0 Å². The van der Waals surface area contributed by atoms with Gasteiger partial charge in [0.15, 0.2) is 0 Å². The van der Waals surface area contributed by atoms with Gasteiger partial charge in [-0.1, -0.05) is 56.5 Å². The molecule has 3 heteroatoms. The number of hydrogen-bond donors (Lipinski definition) is 0. The van der Waals surface area contributed by atoms with E-state index in [1.165, 1.54) is 19.3 Å². The van der Waals surface area contributed by atoms with Crippen LogP contribution in [0.1, 0.15) is 38.2 Å². The highest BCUT2D eigenvalue weighted by Crippen LogP contribution is 2.28. The molecule has 0 aliphatic rings. The van der Waals surface area contributed by atoms with Crippen molar-refractivity contribution in [2.24, 2.45) is 0 Å². The summed E-state index contributed by atoms with van der Waals surface area (Å²) in [6.07, 6.45) is 7.18. The maximum absolute atomic E-state index is 13.0. The number of unbranched alkanes of at least 4 members (excludes halogenated alkanes) is 3. The van der Waals surface area contributed by atoms with Gasteiger partial charge in [-0.15, -0.1) is 0 Å². The normalized spacial score (nSPS) is 11.0. The molecule has 0 aliphatic carbocycles. The third-order valence-corrected chi connectivity index (χ3v) is 4.56. The Kier molecular flexibility index (Phi) is 5.54. The molecule has 0 bridgehead atoms. The molecule has 3 aromatic rings. The fourth-order valence-electron chi connectivity index (χ4n) is 3.15. The number of rotatable bonds is 7. The minimum atomic E-state index is 0.00455. The van der Waals surface area contributed by atoms with Crippen LogP contribution in [0.2, 0.25) is 0 Å². The summed E-state index contributed by atoms with van der Waals surface area (Å²) in [5.41, 5.74) is 3.11. The van der Waals surface area contributed by atoms with Crippen molar-refractivity contribution in [3.8, 4) is 16.9 Å². The van der Waals surface area contributed by atoms with E-state index < -0.39 is 0 Å². The molecule has 130 valence electrons. The molecular formula is C22H24O3. The second-order valence-electron chi connectivity index (χ2n) is 6.32. The number of benzene rings is 2. The summed E-state index contributed by atoms with van der Waals surface area (Å²) in [6, 6.07) is 13.4. The minimum Gasteiger partial charge on any atom is -0.496 e. The van der Waals surface area contributed by atoms with Crippen LogP contribution in [0.15, 0.2) is 57.9 Å². The van der Waals surface area contributed by atoms with Gasteiger partial charge in [-0.25, -0.2) is 0 Å². The number of fused-ring (bicyclic) bond motifs is 1.